The number of amides is 1. The molecule has 1 amide bonds. The maximum atomic E-state index is 12.9. The summed E-state index contributed by atoms with van der Waals surface area (Å²) in [6, 6.07) is 4.92. The smallest absolute Gasteiger partial charge is 0.236 e. The number of hydrogen-bond donors (Lipinski definition) is 0. The molecule has 0 aromatic carbocycles. The highest BCUT2D eigenvalue weighted by molar-refractivity contribution is 5.78. The Balaban J connectivity index is 1.19. The largest absolute Gasteiger partial charge is 0.339 e. The van der Waals surface area contributed by atoms with E-state index in [9.17, 15) is 4.79 Å². The van der Waals surface area contributed by atoms with Crippen molar-refractivity contribution < 1.29 is 4.79 Å². The molecule has 1 saturated heterocycles. The lowest BCUT2D eigenvalue weighted by Gasteiger charge is -2.43. The molecule has 5 rings (SSSR count). The SMILES string of the molecule is Cc1cc(-n2cc3c(n2)CCN(CC(=O)N2CCN(C4CCC4)CC2)C3)cc(C)n1. The van der Waals surface area contributed by atoms with Crippen molar-refractivity contribution in [1.29, 1.82) is 0 Å². The first kappa shape index (κ1) is 19.7. The van der Waals surface area contributed by atoms with Crippen LogP contribution in [-0.4, -0.2) is 80.7 Å². The Morgan fingerprint density at radius 3 is 2.47 bits per heavy atom. The number of carbonyl (C=O) groups excluding carboxylic acids is 1. The van der Waals surface area contributed by atoms with Gasteiger partial charge in [-0.1, -0.05) is 6.42 Å². The van der Waals surface area contributed by atoms with E-state index in [0.29, 0.717) is 6.54 Å². The summed E-state index contributed by atoms with van der Waals surface area (Å²) in [7, 11) is 0. The molecule has 0 unspecified atom stereocenters. The summed E-state index contributed by atoms with van der Waals surface area (Å²) < 4.78 is 1.97. The van der Waals surface area contributed by atoms with Gasteiger partial charge in [-0.25, -0.2) is 4.68 Å². The third-order valence-corrected chi connectivity index (χ3v) is 6.88. The average Bonchev–Trinajstić information content (AvgIpc) is 3.10. The molecule has 30 heavy (non-hydrogen) atoms. The van der Waals surface area contributed by atoms with Crippen LogP contribution in [-0.2, 0) is 17.8 Å². The Kier molecular flexibility index (Phi) is 5.33. The molecule has 0 atom stereocenters. The van der Waals surface area contributed by atoms with Crippen LogP contribution < -0.4 is 0 Å². The Labute approximate surface area is 178 Å². The highest BCUT2D eigenvalue weighted by atomic mass is 16.2. The lowest BCUT2D eigenvalue weighted by molar-refractivity contribution is -0.135. The summed E-state index contributed by atoms with van der Waals surface area (Å²) in [6.07, 6.45) is 7.08. The maximum Gasteiger partial charge on any atom is 0.236 e. The second-order valence-corrected chi connectivity index (χ2v) is 9.12. The van der Waals surface area contributed by atoms with Crippen LogP contribution >= 0.6 is 0 Å². The van der Waals surface area contributed by atoms with E-state index in [0.717, 1.165) is 74.5 Å². The van der Waals surface area contributed by atoms with Crippen LogP contribution in [0.25, 0.3) is 5.69 Å². The number of aromatic nitrogens is 3. The first-order chi connectivity index (χ1) is 14.5. The predicted octanol–water partition coefficient (Wildman–Crippen LogP) is 1.94. The van der Waals surface area contributed by atoms with Crippen molar-refractivity contribution in [2.24, 2.45) is 0 Å². The molecule has 7 nitrogen and oxygen atoms in total. The summed E-state index contributed by atoms with van der Waals surface area (Å²) in [5.74, 6) is 0.277. The predicted molar refractivity (Wildman–Crippen MR) is 116 cm³/mol. The molecule has 1 aliphatic carbocycles. The zero-order valence-corrected chi connectivity index (χ0v) is 18.2. The van der Waals surface area contributed by atoms with E-state index in [-0.39, 0.29) is 5.91 Å². The van der Waals surface area contributed by atoms with Crippen molar-refractivity contribution in [3.63, 3.8) is 0 Å². The number of aryl methyl sites for hydroxylation is 2. The molecule has 160 valence electrons. The van der Waals surface area contributed by atoms with Crippen LogP contribution in [0.3, 0.4) is 0 Å². The minimum Gasteiger partial charge on any atom is -0.339 e. The molecule has 1 saturated carbocycles. The Morgan fingerprint density at radius 1 is 1.07 bits per heavy atom. The highest BCUT2D eigenvalue weighted by Gasteiger charge is 2.30. The fourth-order valence-electron chi connectivity index (χ4n) is 4.96. The van der Waals surface area contributed by atoms with E-state index in [1.54, 1.807) is 0 Å². The zero-order valence-electron chi connectivity index (χ0n) is 18.2. The van der Waals surface area contributed by atoms with Crippen molar-refractivity contribution in [2.75, 3.05) is 39.3 Å². The summed E-state index contributed by atoms with van der Waals surface area (Å²) in [5, 5.41) is 4.81. The summed E-state index contributed by atoms with van der Waals surface area (Å²) in [4.78, 5) is 24.3. The number of nitrogens with zero attached hydrogens (tertiary/aromatic N) is 6. The first-order valence-corrected chi connectivity index (χ1v) is 11.3. The Bertz CT molecular complexity index is 906. The fourth-order valence-corrected chi connectivity index (χ4v) is 4.96. The quantitative estimate of drug-likeness (QED) is 0.774. The monoisotopic (exact) mass is 408 g/mol. The van der Waals surface area contributed by atoms with Crippen molar-refractivity contribution in [1.82, 2.24) is 29.5 Å². The normalized spacial score (nSPS) is 20.8. The van der Waals surface area contributed by atoms with Gasteiger partial charge in [0.05, 0.1) is 17.9 Å². The van der Waals surface area contributed by atoms with Gasteiger partial charge >= 0.3 is 0 Å². The van der Waals surface area contributed by atoms with Gasteiger partial charge in [0.25, 0.3) is 0 Å². The molecular formula is C23H32N6O. The fraction of sp³-hybridized carbons (Fsp3) is 0.609. The molecule has 2 aromatic heterocycles. The minimum atomic E-state index is 0.277. The van der Waals surface area contributed by atoms with Gasteiger partial charge in [-0.3, -0.25) is 19.6 Å². The van der Waals surface area contributed by atoms with Gasteiger partial charge in [0, 0.05) is 74.9 Å². The number of fused-ring (bicyclic) bond motifs is 1. The van der Waals surface area contributed by atoms with Crippen molar-refractivity contribution in [2.45, 2.75) is 52.1 Å². The molecule has 7 heteroatoms. The molecule has 0 spiro atoms. The summed E-state index contributed by atoms with van der Waals surface area (Å²) >= 11 is 0. The van der Waals surface area contributed by atoms with E-state index in [4.69, 9.17) is 5.10 Å². The zero-order chi connectivity index (χ0) is 20.7. The molecule has 2 aromatic rings. The second-order valence-electron chi connectivity index (χ2n) is 9.12. The van der Waals surface area contributed by atoms with Gasteiger partial charge < -0.3 is 4.90 Å². The van der Waals surface area contributed by atoms with Gasteiger partial charge in [-0.15, -0.1) is 0 Å². The van der Waals surface area contributed by atoms with Gasteiger partial charge in [0.1, 0.15) is 0 Å². The standard InChI is InChI=1S/C23H32N6O/c1-17-12-21(13-18(2)24-17)29-15-19-14-26(7-6-22(19)25-29)16-23(30)28-10-8-27(9-11-28)20-4-3-5-20/h12-13,15,20H,3-11,14,16H2,1-2H3. The Hall–Kier alpha value is -2.25. The first-order valence-electron chi connectivity index (χ1n) is 11.3. The van der Waals surface area contributed by atoms with Crippen LogP contribution in [0.2, 0.25) is 0 Å². The molecule has 3 aliphatic rings. The second kappa shape index (κ2) is 8.12. The topological polar surface area (TPSA) is 57.5 Å². The van der Waals surface area contributed by atoms with Crippen LogP contribution in [0.5, 0.6) is 0 Å². The third-order valence-electron chi connectivity index (χ3n) is 6.88. The summed E-state index contributed by atoms with van der Waals surface area (Å²) in [6.45, 7) is 10.1. The van der Waals surface area contributed by atoms with Crippen LogP contribution in [0.15, 0.2) is 18.3 Å². The summed E-state index contributed by atoms with van der Waals surface area (Å²) in [5.41, 5.74) is 5.45. The number of pyridine rings is 1. The molecule has 2 fully saturated rings. The highest BCUT2D eigenvalue weighted by Crippen LogP contribution is 2.26. The van der Waals surface area contributed by atoms with E-state index in [1.807, 2.05) is 18.5 Å². The maximum absolute atomic E-state index is 12.9. The van der Waals surface area contributed by atoms with E-state index in [1.165, 1.54) is 24.8 Å². The number of carbonyl (C=O) groups is 1. The lowest BCUT2D eigenvalue weighted by atomic mass is 9.91. The van der Waals surface area contributed by atoms with Crippen molar-refractivity contribution in [3.05, 3.63) is 41.0 Å². The van der Waals surface area contributed by atoms with Crippen LogP contribution in [0.4, 0.5) is 0 Å². The van der Waals surface area contributed by atoms with Crippen LogP contribution in [0, 0.1) is 13.8 Å². The van der Waals surface area contributed by atoms with Gasteiger partial charge in [-0.2, -0.15) is 5.10 Å². The lowest BCUT2D eigenvalue weighted by Crippen LogP contribution is -2.55. The number of piperazine rings is 1. The van der Waals surface area contributed by atoms with Gasteiger partial charge in [0.15, 0.2) is 0 Å². The van der Waals surface area contributed by atoms with Crippen LogP contribution in [0.1, 0.15) is 41.9 Å². The number of rotatable bonds is 4. The van der Waals surface area contributed by atoms with Crippen molar-refractivity contribution >= 4 is 5.91 Å². The molecule has 4 heterocycles. The average molecular weight is 409 g/mol. The van der Waals surface area contributed by atoms with Gasteiger partial charge in [0.2, 0.25) is 5.91 Å². The third kappa shape index (κ3) is 4.01. The van der Waals surface area contributed by atoms with E-state index < -0.39 is 0 Å². The molecule has 0 N–H and O–H groups in total. The van der Waals surface area contributed by atoms with Crippen molar-refractivity contribution in [3.8, 4) is 5.69 Å². The molecule has 2 aliphatic heterocycles. The molecule has 0 radical (unpaired) electrons. The molecule has 0 bridgehead atoms. The number of hydrogen-bond acceptors (Lipinski definition) is 5. The molecular weight excluding hydrogens is 376 g/mol. The Morgan fingerprint density at radius 2 is 1.80 bits per heavy atom. The van der Waals surface area contributed by atoms with Gasteiger partial charge in [-0.05, 0) is 38.8 Å². The van der Waals surface area contributed by atoms with E-state index >= 15 is 0 Å². The minimum absolute atomic E-state index is 0.277. The van der Waals surface area contributed by atoms with E-state index in [2.05, 4.69) is 38.0 Å².